The van der Waals surface area contributed by atoms with E-state index in [9.17, 15) is 4.79 Å². The number of epoxide rings is 1. The van der Waals surface area contributed by atoms with Crippen LogP contribution in [0.2, 0.25) is 0 Å². The van der Waals surface area contributed by atoms with Crippen LogP contribution in [0.1, 0.15) is 31.4 Å². The molecule has 0 amide bonds. The van der Waals surface area contributed by atoms with Crippen molar-refractivity contribution in [3.63, 3.8) is 0 Å². The Balaban J connectivity index is 2.03. The molecule has 1 atom stereocenters. The number of methoxy groups -OCH3 is 1. The number of esters is 1. The van der Waals surface area contributed by atoms with Crippen LogP contribution in [0, 0.1) is 0 Å². The van der Waals surface area contributed by atoms with Gasteiger partial charge in [-0.1, -0.05) is 24.3 Å². The minimum atomic E-state index is -0.590. The molecule has 1 heterocycles. The third kappa shape index (κ3) is 2.91. The molecular weight excluding hydrogens is 228 g/mol. The lowest BCUT2D eigenvalue weighted by Crippen LogP contribution is -2.30. The summed E-state index contributed by atoms with van der Waals surface area (Å²) in [6.07, 6.45) is 2.58. The fourth-order valence-electron chi connectivity index (χ4n) is 2.02. The first kappa shape index (κ1) is 13.1. The second-order valence-electron chi connectivity index (χ2n) is 5.31. The average molecular weight is 248 g/mol. The molecule has 0 saturated carbocycles. The van der Waals surface area contributed by atoms with E-state index in [-0.39, 0.29) is 5.97 Å². The number of benzene rings is 1. The number of carbonyl (C=O) groups excluding carboxylic acids is 1. The van der Waals surface area contributed by atoms with Gasteiger partial charge in [-0.25, -0.2) is 0 Å². The van der Waals surface area contributed by atoms with E-state index >= 15 is 0 Å². The predicted molar refractivity (Wildman–Crippen MR) is 69.5 cm³/mol. The summed E-state index contributed by atoms with van der Waals surface area (Å²) in [4.78, 5) is 11.7. The quantitative estimate of drug-likeness (QED) is 0.593. The van der Waals surface area contributed by atoms with Gasteiger partial charge in [0.2, 0.25) is 0 Å². The first-order chi connectivity index (χ1) is 8.54. The van der Waals surface area contributed by atoms with Crippen molar-refractivity contribution in [1.82, 2.24) is 0 Å². The van der Waals surface area contributed by atoms with Crippen molar-refractivity contribution in [2.24, 2.45) is 0 Å². The van der Waals surface area contributed by atoms with E-state index in [0.717, 1.165) is 25.0 Å². The molecular formula is C15H20O3. The lowest BCUT2D eigenvalue weighted by atomic mass is 9.84. The molecule has 3 nitrogen and oxygen atoms in total. The molecule has 2 rings (SSSR count). The molecule has 0 bridgehead atoms. The van der Waals surface area contributed by atoms with Gasteiger partial charge in [-0.15, -0.1) is 0 Å². The molecule has 1 aliphatic heterocycles. The Hall–Kier alpha value is -1.35. The summed E-state index contributed by atoms with van der Waals surface area (Å²) in [5.41, 5.74) is 1.68. The molecule has 1 unspecified atom stereocenters. The van der Waals surface area contributed by atoms with Gasteiger partial charge in [0, 0.05) is 0 Å². The fraction of sp³-hybridized carbons (Fsp3) is 0.533. The Morgan fingerprint density at radius 3 is 2.50 bits per heavy atom. The molecule has 0 aliphatic carbocycles. The fourth-order valence-corrected chi connectivity index (χ4v) is 2.02. The highest BCUT2D eigenvalue weighted by atomic mass is 16.6. The number of rotatable bonds is 5. The number of hydrogen-bond donors (Lipinski definition) is 0. The smallest absolute Gasteiger partial charge is 0.315 e. The minimum Gasteiger partial charge on any atom is -0.468 e. The first-order valence-electron chi connectivity index (χ1n) is 6.33. The number of hydrogen-bond acceptors (Lipinski definition) is 3. The zero-order valence-electron chi connectivity index (χ0n) is 11.2. The van der Waals surface area contributed by atoms with Gasteiger partial charge >= 0.3 is 5.97 Å². The number of carbonyl (C=O) groups is 1. The van der Waals surface area contributed by atoms with Crippen LogP contribution in [0.5, 0.6) is 0 Å². The van der Waals surface area contributed by atoms with E-state index in [2.05, 4.69) is 12.1 Å². The maximum absolute atomic E-state index is 11.7. The predicted octanol–water partition coefficient (Wildman–Crippen LogP) is 2.47. The standard InChI is InChI=1S/C15H20O3/c1-15(2,14(16)17-3)12-7-4-11(5-8-12)6-9-13-10-18-13/h4-5,7-8,13H,6,9-10H2,1-3H3. The van der Waals surface area contributed by atoms with Gasteiger partial charge in [0.05, 0.1) is 25.2 Å². The second-order valence-corrected chi connectivity index (χ2v) is 5.31. The Bertz CT molecular complexity index is 416. The molecule has 1 saturated heterocycles. The topological polar surface area (TPSA) is 38.8 Å². The summed E-state index contributed by atoms with van der Waals surface area (Å²) in [6.45, 7) is 4.67. The largest absolute Gasteiger partial charge is 0.468 e. The summed E-state index contributed by atoms with van der Waals surface area (Å²) in [6, 6.07) is 8.20. The van der Waals surface area contributed by atoms with Crippen LogP contribution in [0.15, 0.2) is 24.3 Å². The second kappa shape index (κ2) is 5.11. The van der Waals surface area contributed by atoms with E-state index in [1.54, 1.807) is 0 Å². The molecule has 1 fully saturated rings. The van der Waals surface area contributed by atoms with Gasteiger partial charge < -0.3 is 9.47 Å². The Morgan fingerprint density at radius 2 is 2.00 bits per heavy atom. The first-order valence-corrected chi connectivity index (χ1v) is 6.33. The van der Waals surface area contributed by atoms with Crippen LogP contribution in [-0.4, -0.2) is 25.8 Å². The molecule has 1 aromatic carbocycles. The Kier molecular flexibility index (Phi) is 3.71. The normalized spacial score (nSPS) is 18.5. The van der Waals surface area contributed by atoms with Crippen molar-refractivity contribution in [1.29, 1.82) is 0 Å². The molecule has 1 aliphatic rings. The van der Waals surface area contributed by atoms with E-state index < -0.39 is 5.41 Å². The monoisotopic (exact) mass is 248 g/mol. The minimum absolute atomic E-state index is 0.207. The molecule has 3 heteroatoms. The van der Waals surface area contributed by atoms with Gasteiger partial charge in [0.25, 0.3) is 0 Å². The molecule has 0 radical (unpaired) electrons. The SMILES string of the molecule is COC(=O)C(C)(C)c1ccc(CCC2CO2)cc1. The van der Waals surface area contributed by atoms with Gasteiger partial charge in [0.1, 0.15) is 0 Å². The van der Waals surface area contributed by atoms with Crippen LogP contribution < -0.4 is 0 Å². The summed E-state index contributed by atoms with van der Waals surface area (Å²) in [5, 5.41) is 0. The third-order valence-corrected chi connectivity index (χ3v) is 3.53. The highest BCUT2D eigenvalue weighted by molar-refractivity contribution is 5.82. The molecule has 0 aromatic heterocycles. The van der Waals surface area contributed by atoms with Crippen LogP contribution in [0.4, 0.5) is 0 Å². The highest BCUT2D eigenvalue weighted by Crippen LogP contribution is 2.25. The van der Waals surface area contributed by atoms with Crippen LogP contribution in [-0.2, 0) is 26.1 Å². The van der Waals surface area contributed by atoms with Crippen molar-refractivity contribution < 1.29 is 14.3 Å². The zero-order valence-corrected chi connectivity index (χ0v) is 11.2. The average Bonchev–Trinajstić information content (AvgIpc) is 3.20. The van der Waals surface area contributed by atoms with Gasteiger partial charge in [-0.3, -0.25) is 4.79 Å². The van der Waals surface area contributed by atoms with Crippen LogP contribution in [0.3, 0.4) is 0 Å². The summed E-state index contributed by atoms with van der Waals surface area (Å²) >= 11 is 0. The molecule has 0 N–H and O–H groups in total. The summed E-state index contributed by atoms with van der Waals surface area (Å²) in [7, 11) is 1.42. The van der Waals surface area contributed by atoms with Crippen LogP contribution >= 0.6 is 0 Å². The van der Waals surface area contributed by atoms with Crippen molar-refractivity contribution in [2.75, 3.05) is 13.7 Å². The highest BCUT2D eigenvalue weighted by Gasteiger charge is 2.30. The molecule has 0 spiro atoms. The molecule has 1 aromatic rings. The summed E-state index contributed by atoms with van der Waals surface area (Å²) in [5.74, 6) is -0.207. The third-order valence-electron chi connectivity index (χ3n) is 3.53. The lowest BCUT2D eigenvalue weighted by molar-refractivity contribution is -0.146. The maximum Gasteiger partial charge on any atom is 0.315 e. The maximum atomic E-state index is 11.7. The van der Waals surface area contributed by atoms with Crippen molar-refractivity contribution in [3.8, 4) is 0 Å². The van der Waals surface area contributed by atoms with Crippen molar-refractivity contribution in [3.05, 3.63) is 35.4 Å². The Morgan fingerprint density at radius 1 is 1.39 bits per heavy atom. The van der Waals surface area contributed by atoms with Gasteiger partial charge in [-0.05, 0) is 37.8 Å². The molecule has 98 valence electrons. The number of ether oxygens (including phenoxy) is 2. The van der Waals surface area contributed by atoms with Crippen molar-refractivity contribution in [2.45, 2.75) is 38.2 Å². The van der Waals surface area contributed by atoms with E-state index in [4.69, 9.17) is 9.47 Å². The van der Waals surface area contributed by atoms with E-state index in [1.165, 1.54) is 12.7 Å². The summed E-state index contributed by atoms with van der Waals surface area (Å²) < 4.78 is 10.0. The van der Waals surface area contributed by atoms with Crippen LogP contribution in [0.25, 0.3) is 0 Å². The zero-order chi connectivity index (χ0) is 13.2. The number of aryl methyl sites for hydroxylation is 1. The van der Waals surface area contributed by atoms with Crippen molar-refractivity contribution >= 4 is 5.97 Å². The van der Waals surface area contributed by atoms with E-state index in [1.807, 2.05) is 26.0 Å². The molecule has 18 heavy (non-hydrogen) atoms. The van der Waals surface area contributed by atoms with Gasteiger partial charge in [0.15, 0.2) is 0 Å². The Labute approximate surface area is 108 Å². The lowest BCUT2D eigenvalue weighted by Gasteiger charge is -2.22. The van der Waals surface area contributed by atoms with E-state index in [0.29, 0.717) is 6.10 Å². The van der Waals surface area contributed by atoms with Gasteiger partial charge in [-0.2, -0.15) is 0 Å².